The lowest BCUT2D eigenvalue weighted by Gasteiger charge is -1.97. The third-order valence-corrected chi connectivity index (χ3v) is 1.64. The largest absolute Gasteiger partial charge is 0.477 e. The molecule has 1 aliphatic heterocycles. The maximum absolute atomic E-state index is 5.65. The van der Waals surface area contributed by atoms with E-state index in [0.29, 0.717) is 5.88 Å². The minimum absolute atomic E-state index is 0.708. The number of pyridine rings is 1. The van der Waals surface area contributed by atoms with E-state index in [9.17, 15) is 0 Å². The van der Waals surface area contributed by atoms with Gasteiger partial charge >= 0.3 is 0 Å². The lowest BCUT2D eigenvalue weighted by Crippen LogP contribution is -1.91. The number of hydrogen-bond donors (Lipinski definition) is 1. The molecule has 52 valence electrons. The van der Waals surface area contributed by atoms with E-state index in [0.717, 1.165) is 24.3 Å². The van der Waals surface area contributed by atoms with Gasteiger partial charge in [-0.15, -0.1) is 0 Å². The van der Waals surface area contributed by atoms with Crippen molar-refractivity contribution in [3.05, 3.63) is 17.8 Å². The first kappa shape index (κ1) is 5.53. The first-order chi connectivity index (χ1) is 4.88. The van der Waals surface area contributed by atoms with E-state index in [1.165, 1.54) is 0 Å². The maximum atomic E-state index is 5.65. The zero-order valence-corrected chi connectivity index (χ0v) is 5.50. The standard InChI is InChI=1S/C7H8N2O/c8-6-1-3-9-7-5(6)2-4-10-7/h1,3H,2,4H2,(H2,8,9). The molecule has 0 amide bonds. The third kappa shape index (κ3) is 0.635. The Morgan fingerprint density at radius 1 is 1.60 bits per heavy atom. The van der Waals surface area contributed by atoms with Gasteiger partial charge in [0, 0.05) is 23.9 Å². The lowest BCUT2D eigenvalue weighted by atomic mass is 10.2. The van der Waals surface area contributed by atoms with Crippen LogP contribution in [0.1, 0.15) is 5.56 Å². The second-order valence-electron chi connectivity index (χ2n) is 2.28. The quantitative estimate of drug-likeness (QED) is 0.568. The summed E-state index contributed by atoms with van der Waals surface area (Å²) in [6.07, 6.45) is 2.56. The highest BCUT2D eigenvalue weighted by Gasteiger charge is 2.14. The summed E-state index contributed by atoms with van der Waals surface area (Å²) in [5.41, 5.74) is 7.50. The third-order valence-electron chi connectivity index (χ3n) is 1.64. The molecule has 0 saturated carbocycles. The van der Waals surface area contributed by atoms with Crippen molar-refractivity contribution in [2.24, 2.45) is 0 Å². The Morgan fingerprint density at radius 3 is 3.30 bits per heavy atom. The van der Waals surface area contributed by atoms with Gasteiger partial charge < -0.3 is 10.5 Å². The first-order valence-corrected chi connectivity index (χ1v) is 3.24. The number of rotatable bonds is 0. The number of nitrogens with zero attached hydrogens (tertiary/aromatic N) is 1. The van der Waals surface area contributed by atoms with Crippen LogP contribution in [0.2, 0.25) is 0 Å². The van der Waals surface area contributed by atoms with Gasteiger partial charge in [0.05, 0.1) is 6.61 Å². The average molecular weight is 136 g/mol. The zero-order valence-electron chi connectivity index (χ0n) is 5.50. The van der Waals surface area contributed by atoms with Crippen molar-refractivity contribution in [3.63, 3.8) is 0 Å². The molecule has 1 aromatic heterocycles. The number of nitrogen functional groups attached to an aromatic ring is 1. The number of ether oxygens (including phenoxy) is 1. The minimum atomic E-state index is 0.708. The predicted molar refractivity (Wildman–Crippen MR) is 37.8 cm³/mol. The minimum Gasteiger partial charge on any atom is -0.477 e. The predicted octanol–water partition coefficient (Wildman–Crippen LogP) is 0.599. The average Bonchev–Trinajstić information content (AvgIpc) is 2.36. The van der Waals surface area contributed by atoms with Gasteiger partial charge in [0.15, 0.2) is 0 Å². The Hall–Kier alpha value is -1.25. The highest BCUT2D eigenvalue weighted by atomic mass is 16.5. The van der Waals surface area contributed by atoms with Crippen LogP contribution >= 0.6 is 0 Å². The summed E-state index contributed by atoms with van der Waals surface area (Å²) < 4.78 is 5.19. The van der Waals surface area contributed by atoms with E-state index >= 15 is 0 Å². The van der Waals surface area contributed by atoms with Gasteiger partial charge in [0.1, 0.15) is 0 Å². The number of nitrogens with two attached hydrogens (primary N) is 1. The summed E-state index contributed by atoms with van der Waals surface area (Å²) in [5.74, 6) is 0.708. The van der Waals surface area contributed by atoms with Crippen LogP contribution < -0.4 is 10.5 Å². The van der Waals surface area contributed by atoms with Crippen molar-refractivity contribution >= 4 is 5.69 Å². The summed E-state index contributed by atoms with van der Waals surface area (Å²) in [6, 6.07) is 1.80. The van der Waals surface area contributed by atoms with Crippen LogP contribution in [-0.4, -0.2) is 11.6 Å². The molecule has 1 aliphatic rings. The smallest absolute Gasteiger partial charge is 0.218 e. The molecule has 2 heterocycles. The molecule has 0 aromatic carbocycles. The first-order valence-electron chi connectivity index (χ1n) is 3.24. The van der Waals surface area contributed by atoms with Crippen LogP contribution in [0.3, 0.4) is 0 Å². The second kappa shape index (κ2) is 1.87. The van der Waals surface area contributed by atoms with Gasteiger partial charge in [0.2, 0.25) is 5.88 Å². The Balaban J connectivity index is 2.59. The molecule has 3 heteroatoms. The van der Waals surface area contributed by atoms with Crippen molar-refractivity contribution in [1.82, 2.24) is 4.98 Å². The summed E-state index contributed by atoms with van der Waals surface area (Å²) >= 11 is 0. The van der Waals surface area contributed by atoms with Crippen LogP contribution in [0.15, 0.2) is 12.3 Å². The van der Waals surface area contributed by atoms with Gasteiger partial charge in [-0.3, -0.25) is 0 Å². The molecule has 0 radical (unpaired) electrons. The highest BCUT2D eigenvalue weighted by molar-refractivity contribution is 5.52. The zero-order chi connectivity index (χ0) is 6.97. The molecule has 3 nitrogen and oxygen atoms in total. The SMILES string of the molecule is Nc1ccnc2c1CCO2. The number of fused-ring (bicyclic) bond motifs is 1. The summed E-state index contributed by atoms with van der Waals surface area (Å²) in [4.78, 5) is 4.02. The normalized spacial score (nSPS) is 14.4. The molecule has 0 unspecified atom stereocenters. The van der Waals surface area contributed by atoms with E-state index in [2.05, 4.69) is 4.98 Å². The molecule has 2 rings (SSSR count). The number of aromatic nitrogens is 1. The van der Waals surface area contributed by atoms with Crippen molar-refractivity contribution in [2.45, 2.75) is 6.42 Å². The van der Waals surface area contributed by atoms with Gasteiger partial charge in [-0.2, -0.15) is 0 Å². The summed E-state index contributed by atoms with van der Waals surface area (Å²) in [7, 11) is 0. The molecule has 0 fully saturated rings. The van der Waals surface area contributed by atoms with Crippen molar-refractivity contribution < 1.29 is 4.74 Å². The van der Waals surface area contributed by atoms with Crippen molar-refractivity contribution in [1.29, 1.82) is 0 Å². The van der Waals surface area contributed by atoms with Crippen LogP contribution in [0.25, 0.3) is 0 Å². The van der Waals surface area contributed by atoms with Gasteiger partial charge in [0.25, 0.3) is 0 Å². The van der Waals surface area contributed by atoms with Crippen LogP contribution in [-0.2, 0) is 6.42 Å². The Bertz CT molecular complexity index is 260. The summed E-state index contributed by atoms with van der Waals surface area (Å²) in [6.45, 7) is 0.719. The molecular formula is C7H8N2O. The van der Waals surface area contributed by atoms with Crippen molar-refractivity contribution in [2.75, 3.05) is 12.3 Å². The van der Waals surface area contributed by atoms with E-state index < -0.39 is 0 Å². The lowest BCUT2D eigenvalue weighted by molar-refractivity contribution is 0.345. The second-order valence-corrected chi connectivity index (χ2v) is 2.28. The molecule has 10 heavy (non-hydrogen) atoms. The highest BCUT2D eigenvalue weighted by Crippen LogP contribution is 2.26. The molecule has 0 spiro atoms. The van der Waals surface area contributed by atoms with Crippen LogP contribution in [0.5, 0.6) is 5.88 Å². The monoisotopic (exact) mass is 136 g/mol. The molecule has 0 aliphatic carbocycles. The van der Waals surface area contributed by atoms with Crippen LogP contribution in [0, 0.1) is 0 Å². The van der Waals surface area contributed by atoms with Gasteiger partial charge in [-0.25, -0.2) is 4.98 Å². The fraction of sp³-hybridized carbons (Fsp3) is 0.286. The Labute approximate surface area is 58.8 Å². The van der Waals surface area contributed by atoms with Crippen LogP contribution in [0.4, 0.5) is 5.69 Å². The number of hydrogen-bond acceptors (Lipinski definition) is 3. The molecule has 1 aromatic rings. The Morgan fingerprint density at radius 2 is 2.50 bits per heavy atom. The summed E-state index contributed by atoms with van der Waals surface area (Å²) in [5, 5.41) is 0. The fourth-order valence-electron chi connectivity index (χ4n) is 1.11. The maximum Gasteiger partial charge on any atom is 0.218 e. The fourth-order valence-corrected chi connectivity index (χ4v) is 1.11. The van der Waals surface area contributed by atoms with E-state index in [-0.39, 0.29) is 0 Å². The van der Waals surface area contributed by atoms with E-state index in [1.54, 1.807) is 12.3 Å². The topological polar surface area (TPSA) is 48.1 Å². The Kier molecular flexibility index (Phi) is 1.03. The van der Waals surface area contributed by atoms with E-state index in [4.69, 9.17) is 10.5 Å². The molecule has 0 atom stereocenters. The molecule has 2 N–H and O–H groups in total. The van der Waals surface area contributed by atoms with E-state index in [1.807, 2.05) is 0 Å². The molecule has 0 bridgehead atoms. The molecule has 0 saturated heterocycles. The number of anilines is 1. The van der Waals surface area contributed by atoms with Gasteiger partial charge in [-0.05, 0) is 6.07 Å². The van der Waals surface area contributed by atoms with Gasteiger partial charge in [-0.1, -0.05) is 0 Å². The van der Waals surface area contributed by atoms with Crippen molar-refractivity contribution in [3.8, 4) is 5.88 Å². The molecular weight excluding hydrogens is 128 g/mol.